The molecule has 3 aliphatic rings. The van der Waals surface area contributed by atoms with Crippen molar-refractivity contribution in [3.05, 3.63) is 113 Å². The van der Waals surface area contributed by atoms with E-state index in [-0.39, 0.29) is 12.4 Å². The number of fused-ring (bicyclic) bond motifs is 1. The maximum absolute atomic E-state index is 5.99. The first-order chi connectivity index (χ1) is 13.4. The monoisotopic (exact) mass is 387 g/mol. The lowest BCUT2D eigenvalue weighted by Crippen LogP contribution is -3.08. The van der Waals surface area contributed by atoms with Crippen LogP contribution in [-0.2, 0) is 6.61 Å². The standard InChI is InChI=1S/C23H17N3O.ClH/c1-2-6-17(7-3-1)16-27-20-11-5-10-19(14-20)23-25-22(18-8-4-9-18)21-15-24-12-13-26(21)23;/h1-15H,16H2;1H. The lowest BCUT2D eigenvalue weighted by atomic mass is 10.0. The number of ether oxygens (including phenoxy) is 1. The average molecular weight is 388 g/mol. The van der Waals surface area contributed by atoms with Gasteiger partial charge in [0, 0.05) is 5.57 Å². The van der Waals surface area contributed by atoms with Crippen molar-refractivity contribution in [2.45, 2.75) is 6.61 Å². The van der Waals surface area contributed by atoms with Crippen LogP contribution in [-0.4, -0.2) is 12.1 Å². The van der Waals surface area contributed by atoms with Gasteiger partial charge in [0.1, 0.15) is 24.3 Å². The van der Waals surface area contributed by atoms with Crippen molar-refractivity contribution in [3.63, 3.8) is 0 Å². The van der Waals surface area contributed by atoms with E-state index in [0.29, 0.717) is 6.61 Å². The largest absolute Gasteiger partial charge is 1.00 e. The molecule has 1 atom stereocenters. The van der Waals surface area contributed by atoms with Crippen LogP contribution >= 0.6 is 0 Å². The van der Waals surface area contributed by atoms with E-state index in [1.54, 1.807) is 0 Å². The van der Waals surface area contributed by atoms with Gasteiger partial charge in [-0.15, -0.1) is 0 Å². The van der Waals surface area contributed by atoms with Crippen molar-refractivity contribution < 1.29 is 22.0 Å². The summed E-state index contributed by atoms with van der Waals surface area (Å²) >= 11 is 0. The summed E-state index contributed by atoms with van der Waals surface area (Å²) in [5.74, 6) is 1.81. The van der Waals surface area contributed by atoms with Gasteiger partial charge in [0.15, 0.2) is 5.70 Å². The predicted molar refractivity (Wildman–Crippen MR) is 107 cm³/mol. The Kier molecular flexibility index (Phi) is 5.06. The molecule has 0 bridgehead atoms. The number of hydrogen-bond acceptors (Lipinski definition) is 3. The zero-order valence-corrected chi connectivity index (χ0v) is 15.8. The minimum absolute atomic E-state index is 0. The molecule has 0 spiro atoms. The van der Waals surface area contributed by atoms with Crippen LogP contribution in [0.1, 0.15) is 11.1 Å². The molecule has 0 saturated heterocycles. The fourth-order valence-corrected chi connectivity index (χ4v) is 3.29. The predicted octanol–water partition coefficient (Wildman–Crippen LogP) is 0.178. The lowest BCUT2D eigenvalue weighted by Gasteiger charge is -2.14. The fraction of sp³-hybridized carbons (Fsp3) is 0.0435. The van der Waals surface area contributed by atoms with Gasteiger partial charge >= 0.3 is 0 Å². The van der Waals surface area contributed by atoms with E-state index in [2.05, 4.69) is 41.4 Å². The summed E-state index contributed by atoms with van der Waals surface area (Å²) in [6, 6.07) is 18.3. The molecule has 0 radical (unpaired) electrons. The zero-order chi connectivity index (χ0) is 18.1. The molecule has 5 rings (SSSR count). The van der Waals surface area contributed by atoms with Gasteiger partial charge in [0.05, 0.1) is 18.0 Å². The number of nitrogens with zero attached hydrogens (tertiary/aromatic N) is 2. The van der Waals surface area contributed by atoms with Crippen LogP contribution in [0.15, 0.2) is 112 Å². The molecule has 1 unspecified atom stereocenters. The topological polar surface area (TPSA) is 38.4 Å². The minimum Gasteiger partial charge on any atom is -1.00 e. The number of allylic oxidation sites excluding steroid dienone is 4. The molecule has 4 nitrogen and oxygen atoms in total. The van der Waals surface area contributed by atoms with E-state index in [9.17, 15) is 0 Å². The van der Waals surface area contributed by atoms with E-state index in [1.165, 1.54) is 0 Å². The van der Waals surface area contributed by atoms with Crippen molar-refractivity contribution in [2.24, 2.45) is 9.98 Å². The van der Waals surface area contributed by atoms with Gasteiger partial charge in [0.2, 0.25) is 5.84 Å². The van der Waals surface area contributed by atoms with Gasteiger partial charge in [0.25, 0.3) is 0 Å². The Hall–Kier alpha value is -3.21. The molecule has 2 aromatic rings. The average Bonchev–Trinajstić information content (AvgIpc) is 3.06. The molecule has 0 saturated carbocycles. The summed E-state index contributed by atoms with van der Waals surface area (Å²) in [5.41, 5.74) is 5.42. The number of hydrogen-bond donors (Lipinski definition) is 1. The smallest absolute Gasteiger partial charge is 0.244 e. The maximum atomic E-state index is 5.99. The second-order valence-corrected chi connectivity index (χ2v) is 6.51. The summed E-state index contributed by atoms with van der Waals surface area (Å²) in [6.45, 7) is 0.548. The molecule has 28 heavy (non-hydrogen) atoms. The highest BCUT2D eigenvalue weighted by molar-refractivity contribution is 5.99. The SMILES string of the molecule is C1=CC(C2=C3C=NC=C[NH+]3C(c3cccc(OCc4ccccc4)c3)=N2)=C1.[Cl-]. The number of nitrogens with one attached hydrogen (secondary N) is 1. The first-order valence-electron chi connectivity index (χ1n) is 8.95. The van der Waals surface area contributed by atoms with Crippen molar-refractivity contribution >= 4 is 12.1 Å². The van der Waals surface area contributed by atoms with E-state index in [0.717, 1.165) is 44.6 Å². The van der Waals surface area contributed by atoms with E-state index in [4.69, 9.17) is 9.73 Å². The van der Waals surface area contributed by atoms with Crippen LogP contribution in [0, 0.1) is 0 Å². The number of halogens is 1. The van der Waals surface area contributed by atoms with Gasteiger partial charge in [-0.05, 0) is 23.8 Å². The Morgan fingerprint density at radius 1 is 1.00 bits per heavy atom. The summed E-state index contributed by atoms with van der Waals surface area (Å²) in [7, 11) is 0. The molecular weight excluding hydrogens is 370 g/mol. The van der Waals surface area contributed by atoms with Gasteiger partial charge < -0.3 is 17.1 Å². The number of quaternary nitrogens is 1. The lowest BCUT2D eigenvalue weighted by molar-refractivity contribution is -0.689. The highest BCUT2D eigenvalue weighted by atomic mass is 35.5. The van der Waals surface area contributed by atoms with E-state index >= 15 is 0 Å². The molecule has 0 fully saturated rings. The van der Waals surface area contributed by atoms with Crippen molar-refractivity contribution in [1.29, 1.82) is 0 Å². The zero-order valence-electron chi connectivity index (χ0n) is 15.0. The normalized spacial score (nSPS) is 18.8. The summed E-state index contributed by atoms with van der Waals surface area (Å²) in [5, 5.41) is 0. The number of aliphatic imine (C=N–C) groups is 2. The van der Waals surface area contributed by atoms with Crippen molar-refractivity contribution in [3.8, 4) is 5.75 Å². The van der Waals surface area contributed by atoms with Gasteiger partial charge in [-0.1, -0.05) is 54.6 Å². The first-order valence-corrected chi connectivity index (χ1v) is 8.95. The van der Waals surface area contributed by atoms with Crippen LogP contribution in [0.4, 0.5) is 0 Å². The van der Waals surface area contributed by atoms with Gasteiger partial charge in [-0.2, -0.15) is 4.99 Å². The molecular formula is C23H18ClN3O. The molecule has 0 aromatic heterocycles. The Morgan fingerprint density at radius 2 is 1.86 bits per heavy atom. The third kappa shape index (κ3) is 3.36. The maximum Gasteiger partial charge on any atom is 0.244 e. The highest BCUT2D eigenvalue weighted by Crippen LogP contribution is 2.25. The van der Waals surface area contributed by atoms with Crippen LogP contribution in [0.5, 0.6) is 5.75 Å². The third-order valence-corrected chi connectivity index (χ3v) is 4.74. The Bertz CT molecular complexity index is 1080. The van der Waals surface area contributed by atoms with E-state index in [1.807, 2.05) is 55.0 Å². The molecule has 2 aromatic carbocycles. The quantitative estimate of drug-likeness (QED) is 0.781. The molecule has 0 amide bonds. The molecule has 5 heteroatoms. The van der Waals surface area contributed by atoms with Crippen LogP contribution in [0.3, 0.4) is 0 Å². The molecule has 138 valence electrons. The number of rotatable bonds is 5. The summed E-state index contributed by atoms with van der Waals surface area (Å²) < 4.78 is 5.99. The summed E-state index contributed by atoms with van der Waals surface area (Å²) in [4.78, 5) is 10.3. The van der Waals surface area contributed by atoms with Crippen LogP contribution in [0.2, 0.25) is 0 Å². The molecule has 2 heterocycles. The van der Waals surface area contributed by atoms with E-state index < -0.39 is 0 Å². The number of benzene rings is 2. The van der Waals surface area contributed by atoms with Gasteiger partial charge in [-0.25, -0.2) is 4.90 Å². The van der Waals surface area contributed by atoms with Gasteiger partial charge in [-0.3, -0.25) is 4.99 Å². The first kappa shape index (κ1) is 18.2. The molecule has 1 N–H and O–H groups in total. The van der Waals surface area contributed by atoms with Crippen LogP contribution in [0.25, 0.3) is 0 Å². The van der Waals surface area contributed by atoms with Crippen molar-refractivity contribution in [1.82, 2.24) is 0 Å². The molecule has 2 aliphatic heterocycles. The van der Waals surface area contributed by atoms with Crippen molar-refractivity contribution in [2.75, 3.05) is 0 Å². The fourth-order valence-electron chi connectivity index (χ4n) is 3.29. The minimum atomic E-state index is 0. The highest BCUT2D eigenvalue weighted by Gasteiger charge is 2.34. The summed E-state index contributed by atoms with van der Waals surface area (Å²) in [6.07, 6.45) is 11.9. The third-order valence-electron chi connectivity index (χ3n) is 4.74. The molecule has 1 aliphatic carbocycles. The Morgan fingerprint density at radius 3 is 2.64 bits per heavy atom. The van der Waals surface area contributed by atoms with Crippen LogP contribution < -0.4 is 22.0 Å². The Balaban J connectivity index is 0.00000192. The second-order valence-electron chi connectivity index (χ2n) is 6.51. The Labute approximate surface area is 170 Å². The second kappa shape index (κ2) is 7.80. The number of amidine groups is 1.